The average Bonchev–Trinajstić information content (AvgIpc) is 2.89. The van der Waals surface area contributed by atoms with Gasteiger partial charge >= 0.3 is 12.1 Å². The smallest absolute Gasteiger partial charge is 0.432 e. The standard InChI is InChI=1S/C15H16F3NO3/c1-3-9-6-5-7-10-11(8-19-12(9)10)14(21,15(16,17)18)13(20)22-4-2/h5-8,19,21H,3-4H2,1-2H3/t14-/m1/s1. The van der Waals surface area contributed by atoms with Gasteiger partial charge < -0.3 is 14.8 Å². The van der Waals surface area contributed by atoms with Crippen molar-refractivity contribution < 1.29 is 27.8 Å². The predicted octanol–water partition coefficient (Wildman–Crippen LogP) is 3.04. The topological polar surface area (TPSA) is 62.3 Å². The van der Waals surface area contributed by atoms with Crippen LogP contribution in [0.15, 0.2) is 24.4 Å². The minimum absolute atomic E-state index is 0.146. The number of hydrogen-bond acceptors (Lipinski definition) is 3. The normalized spacial score (nSPS) is 14.8. The number of carbonyl (C=O) groups is 1. The number of aryl methyl sites for hydroxylation is 1. The van der Waals surface area contributed by atoms with Crippen LogP contribution < -0.4 is 0 Å². The maximum atomic E-state index is 13.4. The number of benzene rings is 1. The van der Waals surface area contributed by atoms with Gasteiger partial charge in [-0.1, -0.05) is 25.1 Å². The highest BCUT2D eigenvalue weighted by Crippen LogP contribution is 2.43. The van der Waals surface area contributed by atoms with Gasteiger partial charge in [-0.15, -0.1) is 0 Å². The maximum Gasteiger partial charge on any atom is 0.432 e. The highest BCUT2D eigenvalue weighted by Gasteiger charge is 2.63. The van der Waals surface area contributed by atoms with E-state index in [2.05, 4.69) is 9.72 Å². The lowest BCUT2D eigenvalue weighted by molar-refractivity contribution is -0.267. The van der Waals surface area contributed by atoms with Crippen molar-refractivity contribution in [3.8, 4) is 0 Å². The number of esters is 1. The summed E-state index contributed by atoms with van der Waals surface area (Å²) in [5.74, 6) is -1.73. The van der Waals surface area contributed by atoms with Crippen molar-refractivity contribution in [2.24, 2.45) is 0 Å². The number of rotatable bonds is 4. The maximum absolute atomic E-state index is 13.4. The lowest BCUT2D eigenvalue weighted by Crippen LogP contribution is -2.50. The molecule has 0 bridgehead atoms. The van der Waals surface area contributed by atoms with E-state index in [0.717, 1.165) is 11.8 Å². The zero-order valence-corrected chi connectivity index (χ0v) is 12.1. The number of halogens is 3. The average molecular weight is 315 g/mol. The Balaban J connectivity index is 2.71. The SMILES string of the molecule is CCOC(=O)[C@](O)(c1c[nH]c2c(CC)cccc12)C(F)(F)F. The number of nitrogens with one attached hydrogen (secondary N) is 1. The Kier molecular flexibility index (Phi) is 4.19. The molecule has 0 unspecified atom stereocenters. The number of H-pyrrole nitrogens is 1. The van der Waals surface area contributed by atoms with Crippen molar-refractivity contribution in [3.63, 3.8) is 0 Å². The molecule has 0 aliphatic rings. The fourth-order valence-corrected chi connectivity index (χ4v) is 2.43. The van der Waals surface area contributed by atoms with E-state index in [9.17, 15) is 23.1 Å². The van der Waals surface area contributed by atoms with Gasteiger partial charge in [0.15, 0.2) is 0 Å². The number of aromatic nitrogens is 1. The van der Waals surface area contributed by atoms with Crippen LogP contribution in [-0.4, -0.2) is 28.8 Å². The molecule has 4 nitrogen and oxygen atoms in total. The van der Waals surface area contributed by atoms with Crippen LogP contribution in [0.5, 0.6) is 0 Å². The summed E-state index contributed by atoms with van der Waals surface area (Å²) in [4.78, 5) is 14.5. The van der Waals surface area contributed by atoms with Gasteiger partial charge in [0.05, 0.1) is 6.61 Å². The van der Waals surface area contributed by atoms with Crippen LogP contribution in [0.25, 0.3) is 10.9 Å². The molecule has 0 saturated heterocycles. The molecule has 0 saturated carbocycles. The molecule has 0 aliphatic heterocycles. The number of hydrogen-bond donors (Lipinski definition) is 2. The van der Waals surface area contributed by atoms with Crippen molar-refractivity contribution in [1.82, 2.24) is 4.98 Å². The second-order valence-corrected chi connectivity index (χ2v) is 4.82. The molecule has 1 aromatic heterocycles. The summed E-state index contributed by atoms with van der Waals surface area (Å²) < 4.78 is 44.6. The van der Waals surface area contributed by atoms with E-state index in [1.165, 1.54) is 13.0 Å². The van der Waals surface area contributed by atoms with Gasteiger partial charge in [-0.3, -0.25) is 0 Å². The Morgan fingerprint density at radius 2 is 2.00 bits per heavy atom. The van der Waals surface area contributed by atoms with Gasteiger partial charge in [-0.05, 0) is 18.9 Å². The van der Waals surface area contributed by atoms with E-state index in [-0.39, 0.29) is 12.0 Å². The highest BCUT2D eigenvalue weighted by atomic mass is 19.4. The molecule has 0 aliphatic carbocycles. The van der Waals surface area contributed by atoms with E-state index in [4.69, 9.17) is 0 Å². The van der Waals surface area contributed by atoms with Crippen LogP contribution in [-0.2, 0) is 21.6 Å². The summed E-state index contributed by atoms with van der Waals surface area (Å²) in [6.07, 6.45) is -3.59. The number of carbonyl (C=O) groups excluding carboxylic acids is 1. The summed E-state index contributed by atoms with van der Waals surface area (Å²) in [6.45, 7) is 2.97. The summed E-state index contributed by atoms with van der Waals surface area (Å²) in [6, 6.07) is 4.77. The molecule has 2 N–H and O–H groups in total. The number of ether oxygens (including phenoxy) is 1. The molecule has 1 aromatic carbocycles. The third-order valence-corrected chi connectivity index (χ3v) is 3.55. The lowest BCUT2D eigenvalue weighted by atomic mass is 9.92. The molecule has 2 rings (SSSR count). The van der Waals surface area contributed by atoms with E-state index >= 15 is 0 Å². The van der Waals surface area contributed by atoms with Crippen LogP contribution >= 0.6 is 0 Å². The monoisotopic (exact) mass is 315 g/mol. The minimum Gasteiger partial charge on any atom is -0.463 e. The number of para-hydroxylation sites is 1. The second kappa shape index (κ2) is 5.64. The summed E-state index contributed by atoms with van der Waals surface area (Å²) in [7, 11) is 0. The Morgan fingerprint density at radius 3 is 2.55 bits per heavy atom. The molecular formula is C15H16F3NO3. The number of aliphatic hydroxyl groups is 1. The summed E-state index contributed by atoms with van der Waals surface area (Å²) >= 11 is 0. The van der Waals surface area contributed by atoms with Gasteiger partial charge in [0.25, 0.3) is 5.60 Å². The third-order valence-electron chi connectivity index (χ3n) is 3.55. The van der Waals surface area contributed by atoms with Crippen molar-refractivity contribution >= 4 is 16.9 Å². The molecule has 0 amide bonds. The van der Waals surface area contributed by atoms with E-state index < -0.39 is 23.3 Å². The van der Waals surface area contributed by atoms with Crippen LogP contribution in [0.1, 0.15) is 25.0 Å². The van der Waals surface area contributed by atoms with Crippen LogP contribution in [0, 0.1) is 0 Å². The van der Waals surface area contributed by atoms with Crippen LogP contribution in [0.3, 0.4) is 0 Å². The summed E-state index contributed by atoms with van der Waals surface area (Å²) in [5, 5.41) is 10.3. The molecule has 2 aromatic rings. The van der Waals surface area contributed by atoms with Gasteiger partial charge in [-0.2, -0.15) is 13.2 Å². The third kappa shape index (κ3) is 2.35. The fourth-order valence-electron chi connectivity index (χ4n) is 2.43. The molecule has 22 heavy (non-hydrogen) atoms. The molecular weight excluding hydrogens is 299 g/mol. The van der Waals surface area contributed by atoms with Crippen molar-refractivity contribution in [1.29, 1.82) is 0 Å². The Hall–Kier alpha value is -2.02. The largest absolute Gasteiger partial charge is 0.463 e. The quantitative estimate of drug-likeness (QED) is 0.853. The van der Waals surface area contributed by atoms with Crippen LogP contribution in [0.4, 0.5) is 13.2 Å². The molecule has 0 fully saturated rings. The number of alkyl halides is 3. The molecule has 0 spiro atoms. The zero-order valence-electron chi connectivity index (χ0n) is 12.1. The van der Waals surface area contributed by atoms with Crippen molar-refractivity contribution in [3.05, 3.63) is 35.5 Å². The van der Waals surface area contributed by atoms with Crippen molar-refractivity contribution in [2.45, 2.75) is 32.0 Å². The van der Waals surface area contributed by atoms with Gasteiger partial charge in [0, 0.05) is 22.7 Å². The molecule has 0 radical (unpaired) electrons. The Labute approximate surface area is 124 Å². The molecule has 120 valence electrons. The van der Waals surface area contributed by atoms with E-state index in [0.29, 0.717) is 11.9 Å². The van der Waals surface area contributed by atoms with Gasteiger partial charge in [0.2, 0.25) is 0 Å². The van der Waals surface area contributed by atoms with Gasteiger partial charge in [0.1, 0.15) is 0 Å². The first-order valence-corrected chi connectivity index (χ1v) is 6.83. The minimum atomic E-state index is -5.20. The number of fused-ring (bicyclic) bond motifs is 1. The Bertz CT molecular complexity index is 693. The van der Waals surface area contributed by atoms with Crippen molar-refractivity contribution in [2.75, 3.05) is 6.61 Å². The molecule has 7 heteroatoms. The fraction of sp³-hybridized carbons (Fsp3) is 0.400. The zero-order chi connectivity index (χ0) is 16.5. The first kappa shape index (κ1) is 16.4. The first-order chi connectivity index (χ1) is 10.3. The first-order valence-electron chi connectivity index (χ1n) is 6.83. The van der Waals surface area contributed by atoms with Gasteiger partial charge in [-0.25, -0.2) is 4.79 Å². The summed E-state index contributed by atoms with van der Waals surface area (Å²) in [5.41, 5.74) is -3.00. The van der Waals surface area contributed by atoms with E-state index in [1.54, 1.807) is 12.1 Å². The second-order valence-electron chi connectivity index (χ2n) is 4.82. The predicted molar refractivity (Wildman–Crippen MR) is 74.3 cm³/mol. The number of aromatic amines is 1. The van der Waals surface area contributed by atoms with E-state index in [1.807, 2.05) is 6.92 Å². The highest BCUT2D eigenvalue weighted by molar-refractivity contribution is 5.93. The molecule has 1 atom stereocenters. The lowest BCUT2D eigenvalue weighted by Gasteiger charge is -2.27. The molecule has 1 heterocycles. The van der Waals surface area contributed by atoms with Crippen LogP contribution in [0.2, 0.25) is 0 Å². The Morgan fingerprint density at radius 1 is 1.32 bits per heavy atom.